The molecule has 0 bridgehead atoms. The van der Waals surface area contributed by atoms with Crippen molar-refractivity contribution >= 4 is 21.7 Å². The molecule has 5 heteroatoms. The average Bonchev–Trinajstić information content (AvgIpc) is 3.15. The molecule has 1 aliphatic carbocycles. The van der Waals surface area contributed by atoms with Crippen LogP contribution in [0.2, 0.25) is 0 Å². The SMILES string of the molecule is Nc1cc(C2CC2)nc(-c2cc(F)ccc2Br)n1. The molecule has 0 unspecified atom stereocenters. The number of hydrogen-bond acceptors (Lipinski definition) is 3. The number of rotatable bonds is 2. The van der Waals surface area contributed by atoms with Crippen LogP contribution in [0.4, 0.5) is 10.2 Å². The van der Waals surface area contributed by atoms with Crippen molar-refractivity contribution < 1.29 is 4.39 Å². The molecule has 1 fully saturated rings. The zero-order valence-corrected chi connectivity index (χ0v) is 11.1. The van der Waals surface area contributed by atoms with Crippen molar-refractivity contribution in [3.05, 3.63) is 40.2 Å². The summed E-state index contributed by atoms with van der Waals surface area (Å²) in [6.07, 6.45) is 2.28. The van der Waals surface area contributed by atoms with Crippen molar-refractivity contribution in [3.8, 4) is 11.4 Å². The number of halogens is 2. The van der Waals surface area contributed by atoms with Gasteiger partial charge in [0, 0.05) is 27.7 Å². The van der Waals surface area contributed by atoms with Gasteiger partial charge in [-0.1, -0.05) is 15.9 Å². The lowest BCUT2D eigenvalue weighted by atomic mass is 10.2. The van der Waals surface area contributed by atoms with Gasteiger partial charge in [-0.25, -0.2) is 14.4 Å². The molecule has 1 aromatic heterocycles. The maximum absolute atomic E-state index is 13.3. The van der Waals surface area contributed by atoms with E-state index in [0.29, 0.717) is 23.1 Å². The van der Waals surface area contributed by atoms with Crippen molar-refractivity contribution in [2.45, 2.75) is 18.8 Å². The third kappa shape index (κ3) is 2.22. The molecular weight excluding hydrogens is 297 g/mol. The molecule has 3 nitrogen and oxygen atoms in total. The smallest absolute Gasteiger partial charge is 0.163 e. The molecule has 18 heavy (non-hydrogen) atoms. The molecule has 0 amide bonds. The monoisotopic (exact) mass is 307 g/mol. The van der Waals surface area contributed by atoms with E-state index >= 15 is 0 Å². The topological polar surface area (TPSA) is 51.8 Å². The van der Waals surface area contributed by atoms with Gasteiger partial charge in [-0.3, -0.25) is 0 Å². The fourth-order valence-corrected chi connectivity index (χ4v) is 2.29. The summed E-state index contributed by atoms with van der Waals surface area (Å²) in [5, 5.41) is 0. The van der Waals surface area contributed by atoms with Crippen LogP contribution >= 0.6 is 15.9 Å². The Kier molecular flexibility index (Phi) is 2.78. The van der Waals surface area contributed by atoms with Gasteiger partial charge in [0.1, 0.15) is 11.6 Å². The van der Waals surface area contributed by atoms with Gasteiger partial charge in [-0.2, -0.15) is 0 Å². The standard InChI is InChI=1S/C13H11BrFN3/c14-10-4-3-8(15)5-9(10)13-17-11(7-1-2-7)6-12(16)18-13/h3-7H,1-2H2,(H2,16,17,18). The first-order valence-corrected chi connectivity index (χ1v) is 6.52. The van der Waals surface area contributed by atoms with E-state index in [4.69, 9.17) is 5.73 Å². The van der Waals surface area contributed by atoms with Crippen molar-refractivity contribution in [1.29, 1.82) is 0 Å². The highest BCUT2D eigenvalue weighted by molar-refractivity contribution is 9.10. The van der Waals surface area contributed by atoms with Gasteiger partial charge < -0.3 is 5.73 Å². The van der Waals surface area contributed by atoms with Crippen LogP contribution in [0.5, 0.6) is 0 Å². The Labute approximate surface area is 112 Å². The van der Waals surface area contributed by atoms with Gasteiger partial charge in [-0.05, 0) is 31.0 Å². The number of nitrogen functional groups attached to an aromatic ring is 1. The van der Waals surface area contributed by atoms with E-state index in [1.54, 1.807) is 12.1 Å². The van der Waals surface area contributed by atoms with Gasteiger partial charge in [0.15, 0.2) is 5.82 Å². The Hall–Kier alpha value is -1.49. The van der Waals surface area contributed by atoms with Crippen LogP contribution in [0.15, 0.2) is 28.7 Å². The molecular formula is C13H11BrFN3. The maximum Gasteiger partial charge on any atom is 0.163 e. The van der Waals surface area contributed by atoms with Crippen molar-refractivity contribution in [2.24, 2.45) is 0 Å². The Morgan fingerprint density at radius 1 is 1.22 bits per heavy atom. The van der Waals surface area contributed by atoms with Gasteiger partial charge in [0.2, 0.25) is 0 Å². The molecule has 1 saturated carbocycles. The average molecular weight is 308 g/mol. The Bertz CT molecular complexity index is 611. The molecule has 1 heterocycles. The van der Waals surface area contributed by atoms with E-state index in [2.05, 4.69) is 25.9 Å². The Morgan fingerprint density at radius 2 is 2.00 bits per heavy atom. The normalized spacial score (nSPS) is 14.8. The van der Waals surface area contributed by atoms with Gasteiger partial charge in [-0.15, -0.1) is 0 Å². The van der Waals surface area contributed by atoms with Crippen LogP contribution in [0, 0.1) is 5.82 Å². The molecule has 2 N–H and O–H groups in total. The Morgan fingerprint density at radius 3 is 2.72 bits per heavy atom. The van der Waals surface area contributed by atoms with Gasteiger partial charge in [0.05, 0.1) is 0 Å². The third-order valence-electron chi connectivity index (χ3n) is 2.93. The van der Waals surface area contributed by atoms with E-state index in [9.17, 15) is 4.39 Å². The highest BCUT2D eigenvalue weighted by Gasteiger charge is 2.26. The highest BCUT2D eigenvalue weighted by atomic mass is 79.9. The van der Waals surface area contributed by atoms with Crippen LogP contribution in [0.1, 0.15) is 24.5 Å². The second-order valence-corrected chi connectivity index (χ2v) is 5.29. The lowest BCUT2D eigenvalue weighted by Crippen LogP contribution is -2.00. The fourth-order valence-electron chi connectivity index (χ4n) is 1.86. The van der Waals surface area contributed by atoms with E-state index in [-0.39, 0.29) is 5.82 Å². The van der Waals surface area contributed by atoms with Crippen LogP contribution in [0.3, 0.4) is 0 Å². The summed E-state index contributed by atoms with van der Waals surface area (Å²) in [6.45, 7) is 0. The number of anilines is 1. The summed E-state index contributed by atoms with van der Waals surface area (Å²) in [4.78, 5) is 8.67. The van der Waals surface area contributed by atoms with Crippen LogP contribution < -0.4 is 5.73 Å². The van der Waals surface area contributed by atoms with E-state index in [1.807, 2.05) is 0 Å². The van der Waals surface area contributed by atoms with E-state index in [0.717, 1.165) is 23.0 Å². The molecule has 3 rings (SSSR count). The fraction of sp³-hybridized carbons (Fsp3) is 0.231. The van der Waals surface area contributed by atoms with E-state index < -0.39 is 0 Å². The predicted octanol–water partition coefficient (Wildman–Crippen LogP) is 3.50. The van der Waals surface area contributed by atoms with Crippen molar-refractivity contribution in [3.63, 3.8) is 0 Å². The minimum atomic E-state index is -0.313. The minimum Gasteiger partial charge on any atom is -0.384 e. The molecule has 0 spiro atoms. The molecule has 1 aliphatic rings. The third-order valence-corrected chi connectivity index (χ3v) is 3.62. The Balaban J connectivity index is 2.12. The van der Waals surface area contributed by atoms with Crippen LogP contribution in [0.25, 0.3) is 11.4 Å². The van der Waals surface area contributed by atoms with Crippen molar-refractivity contribution in [2.75, 3.05) is 5.73 Å². The summed E-state index contributed by atoms with van der Waals surface area (Å²) < 4.78 is 14.1. The quantitative estimate of drug-likeness (QED) is 0.923. The first kappa shape index (κ1) is 11.6. The summed E-state index contributed by atoms with van der Waals surface area (Å²) in [5.41, 5.74) is 7.37. The summed E-state index contributed by atoms with van der Waals surface area (Å²) in [6, 6.07) is 6.25. The van der Waals surface area contributed by atoms with Gasteiger partial charge in [0.25, 0.3) is 0 Å². The molecule has 92 valence electrons. The van der Waals surface area contributed by atoms with Crippen LogP contribution in [-0.4, -0.2) is 9.97 Å². The number of aromatic nitrogens is 2. The summed E-state index contributed by atoms with van der Waals surface area (Å²) in [7, 11) is 0. The molecule has 0 atom stereocenters. The maximum atomic E-state index is 13.3. The first-order chi connectivity index (χ1) is 8.63. The zero-order valence-electron chi connectivity index (χ0n) is 9.53. The summed E-state index contributed by atoms with van der Waals surface area (Å²) in [5.74, 6) is 1.08. The van der Waals surface area contributed by atoms with Gasteiger partial charge >= 0.3 is 0 Å². The second-order valence-electron chi connectivity index (χ2n) is 4.44. The lowest BCUT2D eigenvalue weighted by molar-refractivity contribution is 0.628. The minimum absolute atomic E-state index is 0.313. The molecule has 2 aromatic rings. The molecule has 1 aromatic carbocycles. The lowest BCUT2D eigenvalue weighted by Gasteiger charge is -2.07. The predicted molar refractivity (Wildman–Crippen MR) is 71.5 cm³/mol. The molecule has 0 aliphatic heterocycles. The van der Waals surface area contributed by atoms with Crippen LogP contribution in [-0.2, 0) is 0 Å². The highest BCUT2D eigenvalue weighted by Crippen LogP contribution is 2.40. The number of hydrogen-bond donors (Lipinski definition) is 1. The van der Waals surface area contributed by atoms with E-state index in [1.165, 1.54) is 12.1 Å². The number of nitrogens with zero attached hydrogens (tertiary/aromatic N) is 2. The molecule has 0 saturated heterocycles. The van der Waals surface area contributed by atoms with Crippen molar-refractivity contribution in [1.82, 2.24) is 9.97 Å². The molecule has 0 radical (unpaired) electrons. The number of nitrogens with two attached hydrogens (primary N) is 1. The number of benzene rings is 1. The zero-order chi connectivity index (χ0) is 12.7. The second kappa shape index (κ2) is 4.31. The largest absolute Gasteiger partial charge is 0.384 e. The first-order valence-electron chi connectivity index (χ1n) is 5.73. The summed E-state index contributed by atoms with van der Waals surface area (Å²) >= 11 is 3.38.